The first-order valence-electron chi connectivity index (χ1n) is 7.20. The first-order valence-corrected chi connectivity index (χ1v) is 8.00. The third-order valence-corrected chi connectivity index (χ3v) is 3.74. The van der Waals surface area contributed by atoms with Gasteiger partial charge in [-0.1, -0.05) is 12.1 Å². The summed E-state index contributed by atoms with van der Waals surface area (Å²) in [7, 11) is 1.59. The zero-order chi connectivity index (χ0) is 17.4. The molecular weight excluding hydrogens is 376 g/mol. The van der Waals surface area contributed by atoms with Crippen molar-refractivity contribution in [1.29, 1.82) is 0 Å². The quantitative estimate of drug-likeness (QED) is 0.585. The molecule has 0 atom stereocenters. The van der Waals surface area contributed by atoms with Crippen LogP contribution in [-0.2, 0) is 9.59 Å². The van der Waals surface area contributed by atoms with E-state index in [1.807, 2.05) is 6.07 Å². The number of carbonyl (C=O) groups excluding carboxylic acids is 2. The standard InChI is InChI=1S/C17H17BrN2O4/c1-23-12-6-8-13(9-7-12)24-11-10-19-16(21)17(22)20-15-5-3-2-4-14(15)18/h2-9H,10-11H2,1H3,(H,19,21)(H,20,22). The van der Waals surface area contributed by atoms with Crippen molar-refractivity contribution in [3.63, 3.8) is 0 Å². The molecule has 7 heteroatoms. The van der Waals surface area contributed by atoms with Crippen LogP contribution in [0.25, 0.3) is 0 Å². The largest absolute Gasteiger partial charge is 0.497 e. The molecule has 0 aromatic heterocycles. The molecule has 0 saturated heterocycles. The number of anilines is 1. The molecule has 0 radical (unpaired) electrons. The SMILES string of the molecule is COc1ccc(OCCNC(=O)C(=O)Nc2ccccc2Br)cc1. The van der Waals surface area contributed by atoms with Crippen molar-refractivity contribution in [2.75, 3.05) is 25.6 Å². The normalized spacial score (nSPS) is 9.92. The van der Waals surface area contributed by atoms with E-state index in [1.165, 1.54) is 0 Å². The molecule has 0 saturated carbocycles. The highest BCUT2D eigenvalue weighted by atomic mass is 79.9. The van der Waals surface area contributed by atoms with E-state index in [0.717, 1.165) is 5.75 Å². The molecule has 0 heterocycles. The Morgan fingerprint density at radius 3 is 2.33 bits per heavy atom. The highest BCUT2D eigenvalue weighted by molar-refractivity contribution is 9.10. The minimum atomic E-state index is -0.730. The van der Waals surface area contributed by atoms with Crippen LogP contribution in [0.5, 0.6) is 11.5 Å². The van der Waals surface area contributed by atoms with Gasteiger partial charge in [0.1, 0.15) is 18.1 Å². The van der Waals surface area contributed by atoms with Gasteiger partial charge in [0.15, 0.2) is 0 Å². The van der Waals surface area contributed by atoms with Gasteiger partial charge in [-0.3, -0.25) is 9.59 Å². The predicted octanol–water partition coefficient (Wildman–Crippen LogP) is 2.59. The zero-order valence-corrected chi connectivity index (χ0v) is 14.6. The van der Waals surface area contributed by atoms with Crippen LogP contribution in [-0.4, -0.2) is 32.1 Å². The molecule has 0 unspecified atom stereocenters. The summed E-state index contributed by atoms with van der Waals surface area (Å²) in [6.07, 6.45) is 0. The van der Waals surface area contributed by atoms with E-state index >= 15 is 0 Å². The number of methoxy groups -OCH3 is 1. The number of hydrogen-bond acceptors (Lipinski definition) is 4. The first kappa shape index (κ1) is 17.8. The Bertz CT molecular complexity index is 704. The van der Waals surface area contributed by atoms with Crippen LogP contribution in [0.4, 0.5) is 5.69 Å². The van der Waals surface area contributed by atoms with Crippen LogP contribution in [0.1, 0.15) is 0 Å². The average molecular weight is 393 g/mol. The van der Waals surface area contributed by atoms with Crippen molar-refractivity contribution in [2.45, 2.75) is 0 Å². The van der Waals surface area contributed by atoms with Gasteiger partial charge in [0.2, 0.25) is 0 Å². The summed E-state index contributed by atoms with van der Waals surface area (Å²) >= 11 is 3.30. The molecule has 0 aliphatic rings. The Labute approximate surface area is 148 Å². The third kappa shape index (κ3) is 5.27. The zero-order valence-electron chi connectivity index (χ0n) is 13.0. The molecule has 0 aliphatic heterocycles. The van der Waals surface area contributed by atoms with Crippen molar-refractivity contribution in [3.05, 3.63) is 53.0 Å². The number of benzene rings is 2. The van der Waals surface area contributed by atoms with Crippen molar-refractivity contribution in [2.24, 2.45) is 0 Å². The molecule has 126 valence electrons. The van der Waals surface area contributed by atoms with Gasteiger partial charge < -0.3 is 20.1 Å². The van der Waals surface area contributed by atoms with E-state index in [0.29, 0.717) is 15.9 Å². The summed E-state index contributed by atoms with van der Waals surface area (Å²) in [5.41, 5.74) is 0.534. The Hall–Kier alpha value is -2.54. The predicted molar refractivity (Wildman–Crippen MR) is 94.3 cm³/mol. The number of amides is 2. The van der Waals surface area contributed by atoms with E-state index in [2.05, 4.69) is 26.6 Å². The van der Waals surface area contributed by atoms with Gasteiger partial charge in [-0.25, -0.2) is 0 Å². The summed E-state index contributed by atoms with van der Waals surface area (Å²) in [6.45, 7) is 0.467. The lowest BCUT2D eigenvalue weighted by molar-refractivity contribution is -0.136. The summed E-state index contributed by atoms with van der Waals surface area (Å²) < 4.78 is 11.2. The van der Waals surface area contributed by atoms with Crippen molar-refractivity contribution in [3.8, 4) is 11.5 Å². The van der Waals surface area contributed by atoms with Gasteiger partial charge in [0, 0.05) is 4.47 Å². The van der Waals surface area contributed by atoms with E-state index < -0.39 is 11.8 Å². The van der Waals surface area contributed by atoms with Gasteiger partial charge in [-0.05, 0) is 52.3 Å². The summed E-state index contributed by atoms with van der Waals surface area (Å²) in [5.74, 6) is -0.0578. The molecule has 24 heavy (non-hydrogen) atoms. The van der Waals surface area contributed by atoms with Crippen LogP contribution in [0.3, 0.4) is 0 Å². The fourth-order valence-corrected chi connectivity index (χ4v) is 2.21. The minimum Gasteiger partial charge on any atom is -0.497 e. The lowest BCUT2D eigenvalue weighted by Gasteiger charge is -2.09. The lowest BCUT2D eigenvalue weighted by Crippen LogP contribution is -2.37. The van der Waals surface area contributed by atoms with E-state index in [9.17, 15) is 9.59 Å². The molecule has 0 fully saturated rings. The highest BCUT2D eigenvalue weighted by Crippen LogP contribution is 2.21. The maximum atomic E-state index is 11.8. The van der Waals surface area contributed by atoms with Crippen LogP contribution < -0.4 is 20.1 Å². The summed E-state index contributed by atoms with van der Waals surface area (Å²) in [4.78, 5) is 23.5. The second-order valence-electron chi connectivity index (χ2n) is 4.71. The number of hydrogen-bond donors (Lipinski definition) is 2. The molecule has 0 aliphatic carbocycles. The molecule has 0 spiro atoms. The van der Waals surface area contributed by atoms with Gasteiger partial charge >= 0.3 is 11.8 Å². The van der Waals surface area contributed by atoms with Crippen LogP contribution >= 0.6 is 15.9 Å². The molecule has 6 nitrogen and oxygen atoms in total. The Morgan fingerprint density at radius 2 is 1.67 bits per heavy atom. The van der Waals surface area contributed by atoms with E-state index in [1.54, 1.807) is 49.6 Å². The summed E-state index contributed by atoms with van der Waals surface area (Å²) in [5, 5.41) is 5.03. The first-order chi connectivity index (χ1) is 11.6. The average Bonchev–Trinajstić information content (AvgIpc) is 2.61. The smallest absolute Gasteiger partial charge is 0.313 e. The van der Waals surface area contributed by atoms with Crippen LogP contribution in [0, 0.1) is 0 Å². The fourth-order valence-electron chi connectivity index (χ4n) is 1.83. The monoisotopic (exact) mass is 392 g/mol. The van der Waals surface area contributed by atoms with E-state index in [-0.39, 0.29) is 13.2 Å². The Morgan fingerprint density at radius 1 is 1.00 bits per heavy atom. The Balaban J connectivity index is 1.72. The maximum Gasteiger partial charge on any atom is 0.313 e. The van der Waals surface area contributed by atoms with Gasteiger partial charge in [0.05, 0.1) is 19.3 Å². The van der Waals surface area contributed by atoms with Gasteiger partial charge in [-0.15, -0.1) is 0 Å². The topological polar surface area (TPSA) is 76.7 Å². The second kappa shape index (κ2) is 8.93. The minimum absolute atomic E-state index is 0.217. The highest BCUT2D eigenvalue weighted by Gasteiger charge is 2.14. The summed E-state index contributed by atoms with van der Waals surface area (Å²) in [6, 6.07) is 14.1. The van der Waals surface area contributed by atoms with Crippen LogP contribution in [0.15, 0.2) is 53.0 Å². The van der Waals surface area contributed by atoms with Crippen molar-refractivity contribution in [1.82, 2.24) is 5.32 Å². The van der Waals surface area contributed by atoms with Crippen LogP contribution in [0.2, 0.25) is 0 Å². The molecule has 2 amide bonds. The molecular formula is C17H17BrN2O4. The number of nitrogens with one attached hydrogen (secondary N) is 2. The fraction of sp³-hybridized carbons (Fsp3) is 0.176. The maximum absolute atomic E-state index is 11.8. The molecule has 2 aromatic carbocycles. The van der Waals surface area contributed by atoms with Gasteiger partial charge in [-0.2, -0.15) is 0 Å². The number of rotatable bonds is 6. The second-order valence-corrected chi connectivity index (χ2v) is 5.57. The number of para-hydroxylation sites is 1. The van der Waals surface area contributed by atoms with E-state index in [4.69, 9.17) is 9.47 Å². The van der Waals surface area contributed by atoms with Gasteiger partial charge in [0.25, 0.3) is 0 Å². The van der Waals surface area contributed by atoms with Crippen molar-refractivity contribution < 1.29 is 19.1 Å². The number of halogens is 1. The van der Waals surface area contributed by atoms with Crippen molar-refractivity contribution >= 4 is 33.4 Å². The molecule has 2 aromatic rings. The number of carbonyl (C=O) groups is 2. The number of ether oxygens (including phenoxy) is 2. The Kier molecular flexibility index (Phi) is 6.62. The lowest BCUT2D eigenvalue weighted by atomic mass is 10.3. The molecule has 0 bridgehead atoms. The molecule has 2 rings (SSSR count). The third-order valence-electron chi connectivity index (χ3n) is 3.04. The molecule has 2 N–H and O–H groups in total.